The zero-order valence-corrected chi connectivity index (χ0v) is 15.4. The molecule has 0 unspecified atom stereocenters. The third-order valence-electron chi connectivity index (χ3n) is 4.20. The fourth-order valence-corrected chi connectivity index (χ4v) is 3.51. The predicted octanol–water partition coefficient (Wildman–Crippen LogP) is 1.62. The summed E-state index contributed by atoms with van der Waals surface area (Å²) in [6.07, 6.45) is 0.952. The average molecular weight is 391 g/mol. The monoisotopic (exact) mass is 391 g/mol. The molecule has 27 heavy (non-hydrogen) atoms. The lowest BCUT2D eigenvalue weighted by Gasteiger charge is -2.23. The van der Waals surface area contributed by atoms with E-state index in [-0.39, 0.29) is 24.3 Å². The normalized spacial score (nSPS) is 14.7. The predicted molar refractivity (Wildman–Crippen MR) is 99.0 cm³/mol. The van der Waals surface area contributed by atoms with Crippen LogP contribution in [0.1, 0.15) is 12.8 Å². The van der Waals surface area contributed by atoms with Gasteiger partial charge in [-0.2, -0.15) is 4.90 Å². The molecule has 142 valence electrons. The van der Waals surface area contributed by atoms with Crippen LogP contribution in [-0.2, 0) is 19.6 Å². The van der Waals surface area contributed by atoms with Crippen molar-refractivity contribution < 1.29 is 27.9 Å². The van der Waals surface area contributed by atoms with E-state index in [0.717, 1.165) is 11.2 Å². The number of aromatic hydroxyl groups is 1. The first-order valence-electron chi connectivity index (χ1n) is 7.96. The fourth-order valence-electron chi connectivity index (χ4n) is 2.94. The first-order valence-corrected chi connectivity index (χ1v) is 9.85. The van der Waals surface area contributed by atoms with Crippen LogP contribution in [0.3, 0.4) is 0 Å². The molecule has 0 atom stereocenters. The smallest absolute Gasteiger partial charge is 0.337 e. The van der Waals surface area contributed by atoms with Gasteiger partial charge >= 0.3 is 6.03 Å². The van der Waals surface area contributed by atoms with Gasteiger partial charge in [-0.3, -0.25) is 19.2 Å². The number of likely N-dealkylation sites (tertiary alicyclic amines) is 1. The molecule has 1 fully saturated rings. The van der Waals surface area contributed by atoms with Crippen molar-refractivity contribution in [3.05, 3.63) is 30.3 Å². The standard InChI is InChI=1S/C17H17N3O6S/c1-19(17(24)20-14(21)8-9-15(20)22)13-5-3-4-11-10(13)6-7-12(16(11)23)18-27(2,25)26/h3-7,18,23H,8-9H2,1-2H3. The molecule has 4 amide bonds. The van der Waals surface area contributed by atoms with Gasteiger partial charge in [0.25, 0.3) is 0 Å². The van der Waals surface area contributed by atoms with E-state index in [9.17, 15) is 27.9 Å². The number of carbonyl (C=O) groups is 3. The van der Waals surface area contributed by atoms with E-state index >= 15 is 0 Å². The van der Waals surface area contributed by atoms with E-state index in [2.05, 4.69) is 4.72 Å². The van der Waals surface area contributed by atoms with Gasteiger partial charge in [0, 0.05) is 30.7 Å². The molecule has 10 heteroatoms. The number of nitrogens with one attached hydrogen (secondary N) is 1. The topological polar surface area (TPSA) is 124 Å². The van der Waals surface area contributed by atoms with Gasteiger partial charge in [-0.25, -0.2) is 13.2 Å². The van der Waals surface area contributed by atoms with Gasteiger partial charge in [0.1, 0.15) is 5.75 Å². The quantitative estimate of drug-likeness (QED) is 0.605. The summed E-state index contributed by atoms with van der Waals surface area (Å²) in [5.41, 5.74) is 0.354. The van der Waals surface area contributed by atoms with Crippen molar-refractivity contribution in [2.24, 2.45) is 0 Å². The van der Waals surface area contributed by atoms with E-state index in [1.165, 1.54) is 19.2 Å². The van der Waals surface area contributed by atoms with E-state index in [0.29, 0.717) is 21.4 Å². The van der Waals surface area contributed by atoms with Gasteiger partial charge in [-0.1, -0.05) is 12.1 Å². The van der Waals surface area contributed by atoms with Crippen LogP contribution < -0.4 is 9.62 Å². The number of rotatable bonds is 3. The Morgan fingerprint density at radius 2 is 1.74 bits per heavy atom. The van der Waals surface area contributed by atoms with Gasteiger partial charge in [-0.05, 0) is 18.2 Å². The molecule has 1 aliphatic heterocycles. The summed E-state index contributed by atoms with van der Waals surface area (Å²) in [5, 5.41) is 11.2. The number of carbonyl (C=O) groups excluding carboxylic acids is 3. The van der Waals surface area contributed by atoms with Crippen molar-refractivity contribution in [1.82, 2.24) is 4.90 Å². The lowest BCUT2D eigenvalue weighted by atomic mass is 10.1. The number of urea groups is 1. The highest BCUT2D eigenvalue weighted by Crippen LogP contribution is 2.37. The molecular weight excluding hydrogens is 374 g/mol. The van der Waals surface area contributed by atoms with E-state index in [1.54, 1.807) is 18.2 Å². The van der Waals surface area contributed by atoms with Crippen LogP contribution in [0.25, 0.3) is 10.8 Å². The van der Waals surface area contributed by atoms with Crippen LogP contribution in [0.15, 0.2) is 30.3 Å². The number of amides is 4. The molecule has 0 bridgehead atoms. The number of imide groups is 3. The highest BCUT2D eigenvalue weighted by atomic mass is 32.2. The van der Waals surface area contributed by atoms with E-state index in [4.69, 9.17) is 0 Å². The summed E-state index contributed by atoms with van der Waals surface area (Å²) in [5.74, 6) is -1.41. The number of phenols is 1. The molecule has 0 radical (unpaired) electrons. The van der Waals surface area contributed by atoms with E-state index < -0.39 is 27.9 Å². The summed E-state index contributed by atoms with van der Waals surface area (Å²) in [6, 6.07) is 6.84. The number of hydrogen-bond acceptors (Lipinski definition) is 6. The van der Waals surface area contributed by atoms with Crippen molar-refractivity contribution >= 4 is 50.0 Å². The maximum atomic E-state index is 12.6. The third kappa shape index (κ3) is 3.43. The Morgan fingerprint density at radius 1 is 1.11 bits per heavy atom. The number of fused-ring (bicyclic) bond motifs is 1. The molecule has 1 heterocycles. The Labute approximate surface area is 155 Å². The molecule has 9 nitrogen and oxygen atoms in total. The average Bonchev–Trinajstić information content (AvgIpc) is 2.93. The number of hydrogen-bond donors (Lipinski definition) is 2. The second-order valence-corrected chi connectivity index (χ2v) is 7.92. The Kier molecular flexibility index (Phi) is 4.52. The Hall–Kier alpha value is -3.14. The first kappa shape index (κ1) is 18.6. The maximum absolute atomic E-state index is 12.6. The summed E-state index contributed by atoms with van der Waals surface area (Å²) in [4.78, 5) is 38.0. The van der Waals surface area contributed by atoms with Gasteiger partial charge < -0.3 is 5.11 Å². The van der Waals surface area contributed by atoms with Crippen molar-refractivity contribution in [3.8, 4) is 5.75 Å². The van der Waals surface area contributed by atoms with E-state index in [1.807, 2.05) is 0 Å². The molecule has 0 aliphatic carbocycles. The second-order valence-electron chi connectivity index (χ2n) is 6.17. The second kappa shape index (κ2) is 6.54. The molecule has 3 rings (SSSR count). The number of anilines is 2. The van der Waals surface area contributed by atoms with Gasteiger partial charge in [0.05, 0.1) is 17.6 Å². The van der Waals surface area contributed by atoms with Crippen molar-refractivity contribution in [1.29, 1.82) is 0 Å². The zero-order chi connectivity index (χ0) is 19.9. The zero-order valence-electron chi connectivity index (χ0n) is 14.6. The van der Waals surface area contributed by atoms with Crippen molar-refractivity contribution in [2.75, 3.05) is 22.9 Å². The minimum Gasteiger partial charge on any atom is -0.505 e. The summed E-state index contributed by atoms with van der Waals surface area (Å²) in [7, 11) is -2.18. The van der Waals surface area contributed by atoms with Crippen LogP contribution in [-0.4, -0.2) is 49.6 Å². The fraction of sp³-hybridized carbons (Fsp3) is 0.235. The van der Waals surface area contributed by atoms with Crippen LogP contribution >= 0.6 is 0 Å². The van der Waals surface area contributed by atoms with Crippen LogP contribution in [0.4, 0.5) is 16.2 Å². The number of phenolic OH excluding ortho intramolecular Hbond substituents is 1. The summed E-state index contributed by atoms with van der Waals surface area (Å²) >= 11 is 0. The number of nitrogens with zero attached hydrogens (tertiary/aromatic N) is 2. The molecule has 0 spiro atoms. The van der Waals surface area contributed by atoms with Crippen LogP contribution in [0.5, 0.6) is 5.75 Å². The first-order chi connectivity index (χ1) is 12.6. The minimum absolute atomic E-state index is 0.000952. The van der Waals surface area contributed by atoms with Crippen LogP contribution in [0.2, 0.25) is 0 Å². The molecule has 2 aromatic rings. The van der Waals surface area contributed by atoms with Gasteiger partial charge in [0.2, 0.25) is 21.8 Å². The largest absolute Gasteiger partial charge is 0.505 e. The number of benzene rings is 2. The molecule has 2 N–H and O–H groups in total. The SMILES string of the molecule is CN(C(=O)N1C(=O)CCC1=O)c1cccc2c(O)c(NS(C)(=O)=O)ccc12. The Balaban J connectivity index is 2.05. The maximum Gasteiger partial charge on any atom is 0.337 e. The highest BCUT2D eigenvalue weighted by Gasteiger charge is 2.36. The number of sulfonamides is 1. The molecule has 1 aliphatic rings. The van der Waals surface area contributed by atoms with Gasteiger partial charge in [0.15, 0.2) is 0 Å². The molecule has 0 saturated carbocycles. The third-order valence-corrected chi connectivity index (χ3v) is 4.79. The lowest BCUT2D eigenvalue weighted by molar-refractivity contribution is -0.134. The van der Waals surface area contributed by atoms with Gasteiger partial charge in [-0.15, -0.1) is 0 Å². The van der Waals surface area contributed by atoms with Crippen LogP contribution in [0, 0.1) is 0 Å². The molecule has 0 aromatic heterocycles. The summed E-state index contributed by atoms with van der Waals surface area (Å²) < 4.78 is 25.0. The lowest BCUT2D eigenvalue weighted by Crippen LogP contribution is -2.44. The highest BCUT2D eigenvalue weighted by molar-refractivity contribution is 7.92. The minimum atomic E-state index is -3.59. The molecule has 2 aromatic carbocycles. The Morgan fingerprint density at radius 3 is 2.33 bits per heavy atom. The summed E-state index contributed by atoms with van der Waals surface area (Å²) in [6.45, 7) is 0. The molecular formula is C17H17N3O6S. The Bertz CT molecular complexity index is 1060. The van der Waals surface area contributed by atoms with Crippen molar-refractivity contribution in [3.63, 3.8) is 0 Å². The molecule has 1 saturated heterocycles. The van der Waals surface area contributed by atoms with Crippen molar-refractivity contribution in [2.45, 2.75) is 12.8 Å².